The van der Waals surface area contributed by atoms with Crippen molar-refractivity contribution in [3.05, 3.63) is 29.8 Å². The fraction of sp³-hybridized carbons (Fsp3) is 0. The highest BCUT2D eigenvalue weighted by molar-refractivity contribution is 6.04. The molecule has 2 heterocycles. The molecule has 0 spiro atoms. The summed E-state index contributed by atoms with van der Waals surface area (Å²) in [5, 5.41) is 11.1. The van der Waals surface area contributed by atoms with Crippen molar-refractivity contribution in [3.63, 3.8) is 0 Å². The molecular weight excluding hydrogens is 180 g/mol. The summed E-state index contributed by atoms with van der Waals surface area (Å²) in [6.07, 6.45) is 0.806. The maximum atomic E-state index is 10.9. The lowest BCUT2D eigenvalue weighted by molar-refractivity contribution is 0.112. The molecule has 14 heavy (non-hydrogen) atoms. The number of H-pyrrole nitrogens is 1. The second-order valence-corrected chi connectivity index (χ2v) is 3.01. The number of nitrogens with zero attached hydrogens (tertiary/aromatic N) is 3. The molecule has 0 saturated heterocycles. The Morgan fingerprint density at radius 2 is 2.21 bits per heavy atom. The van der Waals surface area contributed by atoms with Crippen LogP contribution >= 0.6 is 0 Å². The second kappa shape index (κ2) is 2.41. The van der Waals surface area contributed by atoms with E-state index in [-0.39, 0.29) is 0 Å². The van der Waals surface area contributed by atoms with E-state index < -0.39 is 0 Å². The fourth-order valence-electron chi connectivity index (χ4n) is 1.68. The van der Waals surface area contributed by atoms with Crippen LogP contribution in [0.2, 0.25) is 0 Å². The number of hydrogen-bond donors (Lipinski definition) is 1. The minimum absolute atomic E-state index is 0.571. The number of para-hydroxylation sites is 1. The lowest BCUT2D eigenvalue weighted by atomic mass is 10.2. The van der Waals surface area contributed by atoms with E-state index in [1.807, 2.05) is 24.3 Å². The molecule has 1 aromatic carbocycles. The highest BCUT2D eigenvalue weighted by Gasteiger charge is 2.12. The molecule has 0 unspecified atom stereocenters. The number of fused-ring (bicyclic) bond motifs is 3. The first-order valence-electron chi connectivity index (χ1n) is 4.17. The van der Waals surface area contributed by atoms with Gasteiger partial charge in [0.1, 0.15) is 0 Å². The van der Waals surface area contributed by atoms with Crippen molar-refractivity contribution in [1.82, 2.24) is 20.0 Å². The van der Waals surface area contributed by atoms with Crippen LogP contribution in [0.5, 0.6) is 0 Å². The van der Waals surface area contributed by atoms with E-state index in [0.717, 1.165) is 17.2 Å². The van der Waals surface area contributed by atoms with Gasteiger partial charge in [0.15, 0.2) is 11.9 Å². The predicted molar refractivity (Wildman–Crippen MR) is 50.2 cm³/mol. The van der Waals surface area contributed by atoms with Gasteiger partial charge in [-0.1, -0.05) is 23.4 Å². The average molecular weight is 186 g/mol. The van der Waals surface area contributed by atoms with Gasteiger partial charge in [-0.2, -0.15) is 5.21 Å². The Balaban J connectivity index is 2.68. The number of rotatable bonds is 1. The third kappa shape index (κ3) is 0.711. The van der Waals surface area contributed by atoms with Crippen LogP contribution in [-0.4, -0.2) is 26.3 Å². The number of carbonyl (C=O) groups excluding carboxylic acids is 1. The molecule has 0 aliphatic rings. The third-order valence-corrected chi connectivity index (χ3v) is 2.30. The van der Waals surface area contributed by atoms with Gasteiger partial charge >= 0.3 is 0 Å². The summed E-state index contributed by atoms with van der Waals surface area (Å²) in [4.78, 5) is 10.9. The number of tetrazole rings is 1. The van der Waals surface area contributed by atoms with Crippen LogP contribution in [0.1, 0.15) is 10.4 Å². The Kier molecular flexibility index (Phi) is 1.25. The summed E-state index contributed by atoms with van der Waals surface area (Å²) in [6.45, 7) is 0. The van der Waals surface area contributed by atoms with Gasteiger partial charge < -0.3 is 0 Å². The molecule has 0 atom stereocenters. The van der Waals surface area contributed by atoms with Crippen LogP contribution in [0.25, 0.3) is 16.6 Å². The zero-order valence-electron chi connectivity index (χ0n) is 7.14. The van der Waals surface area contributed by atoms with Crippen LogP contribution in [0.15, 0.2) is 24.3 Å². The summed E-state index contributed by atoms with van der Waals surface area (Å²) in [5.41, 5.74) is 2.06. The minimum Gasteiger partial charge on any atom is -0.298 e. The highest BCUT2D eigenvalue weighted by Crippen LogP contribution is 2.22. The van der Waals surface area contributed by atoms with Gasteiger partial charge in [-0.15, -0.1) is 5.10 Å². The molecule has 3 aromatic rings. The van der Waals surface area contributed by atoms with Crippen LogP contribution < -0.4 is 0 Å². The summed E-state index contributed by atoms with van der Waals surface area (Å²) >= 11 is 0. The Morgan fingerprint density at radius 1 is 1.36 bits per heavy atom. The summed E-state index contributed by atoms with van der Waals surface area (Å²) in [5.74, 6) is 0. The van der Waals surface area contributed by atoms with E-state index >= 15 is 0 Å². The van der Waals surface area contributed by atoms with Crippen molar-refractivity contribution in [1.29, 1.82) is 0 Å². The van der Waals surface area contributed by atoms with E-state index in [2.05, 4.69) is 15.5 Å². The van der Waals surface area contributed by atoms with E-state index in [1.165, 1.54) is 0 Å². The minimum atomic E-state index is 0.571. The van der Waals surface area contributed by atoms with Gasteiger partial charge in [-0.3, -0.25) is 4.79 Å². The molecule has 0 aliphatic heterocycles. The monoisotopic (exact) mass is 186 g/mol. The largest absolute Gasteiger partial charge is 0.298 e. The maximum Gasteiger partial charge on any atom is 0.188 e. The molecule has 1 N–H and O–H groups in total. The SMILES string of the molecule is O=Cc1c2ccccc2n2[nH]nnc12. The van der Waals surface area contributed by atoms with E-state index in [4.69, 9.17) is 0 Å². The first-order chi connectivity index (χ1) is 6.92. The molecule has 3 rings (SSSR count). The molecule has 0 bridgehead atoms. The molecule has 5 nitrogen and oxygen atoms in total. The topological polar surface area (TPSA) is 63.0 Å². The molecule has 2 aromatic heterocycles. The molecule has 0 saturated carbocycles. The molecule has 0 aliphatic carbocycles. The van der Waals surface area contributed by atoms with Crippen LogP contribution in [0, 0.1) is 0 Å². The molecule has 0 fully saturated rings. The molecule has 0 amide bonds. The predicted octanol–water partition coefficient (Wildman–Crippen LogP) is 1.02. The highest BCUT2D eigenvalue weighted by atomic mass is 16.1. The number of benzene rings is 1. The Bertz CT molecular complexity index is 622. The molecule has 0 radical (unpaired) electrons. The maximum absolute atomic E-state index is 10.9. The van der Waals surface area contributed by atoms with Gasteiger partial charge in [0.05, 0.1) is 11.1 Å². The van der Waals surface area contributed by atoms with Crippen molar-refractivity contribution in [3.8, 4) is 0 Å². The van der Waals surface area contributed by atoms with Gasteiger partial charge in [0.25, 0.3) is 0 Å². The smallest absolute Gasteiger partial charge is 0.188 e. The van der Waals surface area contributed by atoms with Crippen molar-refractivity contribution in [2.75, 3.05) is 0 Å². The van der Waals surface area contributed by atoms with Crippen molar-refractivity contribution in [2.45, 2.75) is 0 Å². The Hall–Kier alpha value is -2.17. The van der Waals surface area contributed by atoms with Crippen LogP contribution in [0.4, 0.5) is 0 Å². The zero-order valence-corrected chi connectivity index (χ0v) is 7.14. The lowest BCUT2D eigenvalue weighted by Crippen LogP contribution is -1.82. The molecule has 68 valence electrons. The van der Waals surface area contributed by atoms with Crippen molar-refractivity contribution >= 4 is 22.8 Å². The van der Waals surface area contributed by atoms with Crippen LogP contribution in [-0.2, 0) is 0 Å². The first-order valence-corrected chi connectivity index (χ1v) is 4.17. The molecule has 5 heteroatoms. The zero-order chi connectivity index (χ0) is 9.54. The van der Waals surface area contributed by atoms with Gasteiger partial charge in [0, 0.05) is 5.39 Å². The van der Waals surface area contributed by atoms with Crippen molar-refractivity contribution in [2.24, 2.45) is 0 Å². The quantitative estimate of drug-likeness (QED) is 0.577. The third-order valence-electron chi connectivity index (χ3n) is 2.30. The number of aromatic amines is 1. The Labute approximate surface area is 78.3 Å². The van der Waals surface area contributed by atoms with E-state index in [1.54, 1.807) is 4.52 Å². The normalized spacial score (nSPS) is 11.1. The van der Waals surface area contributed by atoms with Gasteiger partial charge in [-0.05, 0) is 6.07 Å². The van der Waals surface area contributed by atoms with Crippen molar-refractivity contribution < 1.29 is 4.79 Å². The van der Waals surface area contributed by atoms with Gasteiger partial charge in [-0.25, -0.2) is 4.52 Å². The van der Waals surface area contributed by atoms with Gasteiger partial charge in [0.2, 0.25) is 0 Å². The summed E-state index contributed by atoms with van der Waals surface area (Å²) in [6, 6.07) is 7.60. The average Bonchev–Trinajstić information content (AvgIpc) is 2.77. The molecular formula is C9H6N4O. The summed E-state index contributed by atoms with van der Waals surface area (Å²) in [7, 11) is 0. The second-order valence-electron chi connectivity index (χ2n) is 3.01. The Morgan fingerprint density at radius 3 is 3.07 bits per heavy atom. The number of aromatic nitrogens is 4. The fourth-order valence-corrected chi connectivity index (χ4v) is 1.68. The summed E-state index contributed by atoms with van der Waals surface area (Å²) < 4.78 is 1.69. The number of aldehydes is 1. The van der Waals surface area contributed by atoms with E-state index in [9.17, 15) is 4.79 Å². The van der Waals surface area contributed by atoms with E-state index in [0.29, 0.717) is 11.2 Å². The standard InChI is InChI=1S/C9H6N4O/c14-5-7-6-3-1-2-4-8(6)13-9(7)10-11-12-13/h1-5H,(H,10,12). The lowest BCUT2D eigenvalue weighted by Gasteiger charge is -1.88. The number of carbonyl (C=O) groups is 1. The number of hydrogen-bond acceptors (Lipinski definition) is 3. The van der Waals surface area contributed by atoms with Crippen LogP contribution in [0.3, 0.4) is 0 Å². The number of nitrogens with one attached hydrogen (secondary N) is 1. The first kappa shape index (κ1) is 7.25.